The van der Waals surface area contributed by atoms with Crippen molar-refractivity contribution in [2.45, 2.75) is 6.61 Å². The topological polar surface area (TPSA) is 55.2 Å². The van der Waals surface area contributed by atoms with Gasteiger partial charge >= 0.3 is 0 Å². The van der Waals surface area contributed by atoms with E-state index in [0.29, 0.717) is 18.3 Å². The second-order valence-electron chi connectivity index (χ2n) is 5.74. The minimum Gasteiger partial charge on any atom is -0.508 e. The molecular formula is C21H16N2O2. The largest absolute Gasteiger partial charge is 0.508 e. The van der Waals surface area contributed by atoms with Crippen LogP contribution in [0.25, 0.3) is 22.2 Å². The molecule has 0 aliphatic heterocycles. The van der Waals surface area contributed by atoms with Gasteiger partial charge in [-0.05, 0) is 34.5 Å². The summed E-state index contributed by atoms with van der Waals surface area (Å²) in [6.07, 6.45) is 1.70. The third kappa shape index (κ3) is 3.43. The van der Waals surface area contributed by atoms with Gasteiger partial charge in [-0.1, -0.05) is 48.5 Å². The molecule has 1 N–H and O–H groups in total. The number of phenolic OH excluding ortho intramolecular Hbond substituents is 1. The molecule has 0 spiro atoms. The molecule has 0 unspecified atom stereocenters. The lowest BCUT2D eigenvalue weighted by Crippen LogP contribution is -1.98. The van der Waals surface area contributed by atoms with Gasteiger partial charge in [-0.15, -0.1) is 0 Å². The third-order valence-corrected chi connectivity index (χ3v) is 3.94. The van der Waals surface area contributed by atoms with Gasteiger partial charge in [0.2, 0.25) is 5.88 Å². The lowest BCUT2D eigenvalue weighted by molar-refractivity contribution is 0.293. The minimum atomic E-state index is 0.257. The Bertz CT molecular complexity index is 1020. The first kappa shape index (κ1) is 15.1. The summed E-state index contributed by atoms with van der Waals surface area (Å²) in [6.45, 7) is 0.467. The van der Waals surface area contributed by atoms with Crippen LogP contribution >= 0.6 is 0 Å². The van der Waals surface area contributed by atoms with E-state index in [2.05, 4.69) is 9.97 Å². The second-order valence-corrected chi connectivity index (χ2v) is 5.74. The lowest BCUT2D eigenvalue weighted by atomic mass is 10.1. The number of ether oxygens (including phenoxy) is 1. The Balaban J connectivity index is 1.59. The number of aromatic hydroxyl groups is 1. The van der Waals surface area contributed by atoms with E-state index in [0.717, 1.165) is 21.9 Å². The van der Waals surface area contributed by atoms with Crippen LogP contribution in [-0.2, 0) is 6.61 Å². The zero-order chi connectivity index (χ0) is 17.1. The smallest absolute Gasteiger partial charge is 0.217 e. The molecule has 3 aromatic carbocycles. The van der Waals surface area contributed by atoms with Gasteiger partial charge in [-0.25, -0.2) is 4.98 Å². The standard InChI is InChI=1S/C21H16N2O2/c24-19-9-8-16-12-18(7-6-17(16)13-19)21-22-11-10-20(23-21)25-14-15-4-2-1-3-5-15/h1-13,24H,14H2. The SMILES string of the molecule is Oc1ccc2cc(-c3nccc(OCc4ccccc4)n3)ccc2c1. The summed E-state index contributed by atoms with van der Waals surface area (Å²) in [4.78, 5) is 8.85. The maximum absolute atomic E-state index is 9.56. The number of aromatic nitrogens is 2. The van der Waals surface area contributed by atoms with E-state index in [1.165, 1.54) is 0 Å². The van der Waals surface area contributed by atoms with Gasteiger partial charge in [0.05, 0.1) is 0 Å². The fraction of sp³-hybridized carbons (Fsp3) is 0.0476. The quantitative estimate of drug-likeness (QED) is 0.596. The highest BCUT2D eigenvalue weighted by Gasteiger charge is 2.06. The van der Waals surface area contributed by atoms with Crippen LogP contribution in [-0.4, -0.2) is 15.1 Å². The molecule has 0 fully saturated rings. The van der Waals surface area contributed by atoms with Crippen molar-refractivity contribution in [2.24, 2.45) is 0 Å². The summed E-state index contributed by atoms with van der Waals surface area (Å²) in [6, 6.07) is 22.9. The zero-order valence-electron chi connectivity index (χ0n) is 13.5. The molecule has 4 heteroatoms. The Labute approximate surface area is 145 Å². The van der Waals surface area contributed by atoms with E-state index in [-0.39, 0.29) is 5.75 Å². The van der Waals surface area contributed by atoms with Gasteiger partial charge in [-0.3, -0.25) is 0 Å². The Hall–Kier alpha value is -3.40. The van der Waals surface area contributed by atoms with Crippen molar-refractivity contribution in [3.8, 4) is 23.0 Å². The molecule has 4 rings (SSSR count). The molecule has 0 saturated heterocycles. The zero-order valence-corrected chi connectivity index (χ0v) is 13.5. The summed E-state index contributed by atoms with van der Waals surface area (Å²) in [5.41, 5.74) is 2.00. The van der Waals surface area contributed by atoms with Crippen LogP contribution in [0.15, 0.2) is 79.0 Å². The number of benzene rings is 3. The molecule has 0 atom stereocenters. The Morgan fingerprint density at radius 3 is 2.52 bits per heavy atom. The molecule has 1 aromatic heterocycles. The maximum atomic E-state index is 9.56. The highest BCUT2D eigenvalue weighted by atomic mass is 16.5. The summed E-state index contributed by atoms with van der Waals surface area (Å²) in [5.74, 6) is 1.41. The number of hydrogen-bond acceptors (Lipinski definition) is 4. The van der Waals surface area contributed by atoms with E-state index < -0.39 is 0 Å². The summed E-state index contributed by atoms with van der Waals surface area (Å²) >= 11 is 0. The van der Waals surface area contributed by atoms with Crippen molar-refractivity contribution in [1.29, 1.82) is 0 Å². The summed E-state index contributed by atoms with van der Waals surface area (Å²) < 4.78 is 5.77. The predicted molar refractivity (Wildman–Crippen MR) is 97.4 cm³/mol. The summed E-state index contributed by atoms with van der Waals surface area (Å²) in [5, 5.41) is 11.6. The molecule has 0 bridgehead atoms. The number of nitrogens with zero attached hydrogens (tertiary/aromatic N) is 2. The molecule has 0 radical (unpaired) electrons. The monoisotopic (exact) mass is 328 g/mol. The Morgan fingerprint density at radius 1 is 0.840 bits per heavy atom. The van der Waals surface area contributed by atoms with Crippen LogP contribution in [0, 0.1) is 0 Å². The third-order valence-electron chi connectivity index (χ3n) is 3.94. The molecular weight excluding hydrogens is 312 g/mol. The number of phenols is 1. The first-order valence-electron chi connectivity index (χ1n) is 8.01. The molecule has 25 heavy (non-hydrogen) atoms. The number of rotatable bonds is 4. The number of fused-ring (bicyclic) bond motifs is 1. The van der Waals surface area contributed by atoms with Gasteiger partial charge in [0, 0.05) is 17.8 Å². The van der Waals surface area contributed by atoms with Gasteiger partial charge in [0.1, 0.15) is 12.4 Å². The average Bonchev–Trinajstić information content (AvgIpc) is 2.67. The number of hydrogen-bond donors (Lipinski definition) is 1. The average molecular weight is 328 g/mol. The van der Waals surface area contributed by atoms with Crippen LogP contribution in [0.4, 0.5) is 0 Å². The molecule has 122 valence electrons. The molecule has 1 heterocycles. The molecule has 4 aromatic rings. The van der Waals surface area contributed by atoms with Crippen LogP contribution in [0.3, 0.4) is 0 Å². The fourth-order valence-electron chi connectivity index (χ4n) is 2.67. The Kier molecular flexibility index (Phi) is 4.01. The van der Waals surface area contributed by atoms with Gasteiger partial charge in [0.15, 0.2) is 5.82 Å². The lowest BCUT2D eigenvalue weighted by Gasteiger charge is -2.07. The van der Waals surface area contributed by atoms with Crippen molar-refractivity contribution in [2.75, 3.05) is 0 Å². The summed E-state index contributed by atoms with van der Waals surface area (Å²) in [7, 11) is 0. The van der Waals surface area contributed by atoms with Gasteiger partial charge in [-0.2, -0.15) is 4.98 Å². The van der Waals surface area contributed by atoms with Crippen LogP contribution in [0.1, 0.15) is 5.56 Å². The highest BCUT2D eigenvalue weighted by molar-refractivity contribution is 5.87. The second kappa shape index (κ2) is 6.61. The first-order valence-corrected chi connectivity index (χ1v) is 8.01. The van der Waals surface area contributed by atoms with Crippen molar-refractivity contribution in [1.82, 2.24) is 9.97 Å². The Morgan fingerprint density at radius 2 is 1.64 bits per heavy atom. The predicted octanol–water partition coefficient (Wildman–Crippen LogP) is 4.58. The van der Waals surface area contributed by atoms with E-state index in [9.17, 15) is 5.11 Å². The first-order chi connectivity index (χ1) is 12.3. The van der Waals surface area contributed by atoms with Crippen molar-refractivity contribution in [3.63, 3.8) is 0 Å². The van der Waals surface area contributed by atoms with Gasteiger partial charge in [0.25, 0.3) is 0 Å². The van der Waals surface area contributed by atoms with E-state index in [1.54, 1.807) is 24.4 Å². The fourth-order valence-corrected chi connectivity index (χ4v) is 2.67. The molecule has 0 saturated carbocycles. The molecule has 0 amide bonds. The minimum absolute atomic E-state index is 0.257. The van der Waals surface area contributed by atoms with Crippen molar-refractivity contribution < 1.29 is 9.84 Å². The van der Waals surface area contributed by atoms with E-state index >= 15 is 0 Å². The van der Waals surface area contributed by atoms with Crippen LogP contribution in [0.5, 0.6) is 11.6 Å². The van der Waals surface area contributed by atoms with Crippen LogP contribution in [0.2, 0.25) is 0 Å². The molecule has 0 aliphatic rings. The molecule has 0 aliphatic carbocycles. The molecule has 4 nitrogen and oxygen atoms in total. The van der Waals surface area contributed by atoms with Gasteiger partial charge < -0.3 is 9.84 Å². The van der Waals surface area contributed by atoms with Crippen molar-refractivity contribution >= 4 is 10.8 Å². The van der Waals surface area contributed by atoms with Crippen molar-refractivity contribution in [3.05, 3.63) is 84.6 Å². The van der Waals surface area contributed by atoms with Crippen LogP contribution < -0.4 is 4.74 Å². The maximum Gasteiger partial charge on any atom is 0.217 e. The van der Waals surface area contributed by atoms with E-state index in [1.807, 2.05) is 54.6 Å². The van der Waals surface area contributed by atoms with E-state index in [4.69, 9.17) is 4.74 Å². The highest BCUT2D eigenvalue weighted by Crippen LogP contribution is 2.25. The normalized spacial score (nSPS) is 10.7.